The number of nitrogen functional groups attached to an aromatic ring is 1. The van der Waals surface area contributed by atoms with Gasteiger partial charge in [-0.15, -0.1) is 0 Å². The van der Waals surface area contributed by atoms with Gasteiger partial charge in [-0.25, -0.2) is 15.8 Å². The van der Waals surface area contributed by atoms with E-state index in [9.17, 15) is 0 Å². The second-order valence-corrected chi connectivity index (χ2v) is 5.20. The van der Waals surface area contributed by atoms with E-state index in [4.69, 9.17) is 5.84 Å². The molecular formula is C13H23N5. The fourth-order valence-corrected chi connectivity index (χ4v) is 2.61. The lowest BCUT2D eigenvalue weighted by Crippen LogP contribution is -2.41. The molecular weight excluding hydrogens is 226 g/mol. The van der Waals surface area contributed by atoms with Crippen LogP contribution in [0.15, 0.2) is 6.07 Å². The van der Waals surface area contributed by atoms with E-state index >= 15 is 0 Å². The van der Waals surface area contributed by atoms with Crippen LogP contribution in [0.1, 0.15) is 39.4 Å². The summed E-state index contributed by atoms with van der Waals surface area (Å²) >= 11 is 0. The molecule has 3 N–H and O–H groups in total. The number of nitrogens with zero attached hydrogens (tertiary/aromatic N) is 3. The van der Waals surface area contributed by atoms with Crippen LogP contribution in [0.3, 0.4) is 0 Å². The molecule has 0 spiro atoms. The number of aromatic nitrogens is 2. The number of nitrogens with one attached hydrogen (secondary N) is 1. The van der Waals surface area contributed by atoms with Crippen LogP contribution in [0, 0.1) is 5.92 Å². The number of aryl methyl sites for hydroxylation is 1. The summed E-state index contributed by atoms with van der Waals surface area (Å²) in [6, 6.07) is 2.46. The topological polar surface area (TPSA) is 67.1 Å². The van der Waals surface area contributed by atoms with Crippen molar-refractivity contribution in [2.75, 3.05) is 16.9 Å². The summed E-state index contributed by atoms with van der Waals surface area (Å²) in [5.74, 6) is 8.80. The molecule has 1 fully saturated rings. The van der Waals surface area contributed by atoms with Crippen LogP contribution in [-0.4, -0.2) is 22.6 Å². The van der Waals surface area contributed by atoms with Crippen molar-refractivity contribution in [2.45, 2.75) is 46.1 Å². The Morgan fingerprint density at radius 3 is 2.83 bits per heavy atom. The SMILES string of the molecule is CCc1nc(NN)cc(N2CCC(C)CC2C)n1. The molecule has 2 atom stereocenters. The molecule has 1 saturated heterocycles. The van der Waals surface area contributed by atoms with Crippen molar-refractivity contribution >= 4 is 11.6 Å². The molecule has 0 aliphatic carbocycles. The summed E-state index contributed by atoms with van der Waals surface area (Å²) < 4.78 is 0. The van der Waals surface area contributed by atoms with E-state index in [1.807, 2.05) is 6.07 Å². The Labute approximate surface area is 109 Å². The summed E-state index contributed by atoms with van der Waals surface area (Å²) in [5.41, 5.74) is 2.63. The van der Waals surface area contributed by atoms with Crippen LogP contribution in [0.25, 0.3) is 0 Å². The van der Waals surface area contributed by atoms with E-state index in [0.29, 0.717) is 11.9 Å². The second kappa shape index (κ2) is 5.52. The fraction of sp³-hybridized carbons (Fsp3) is 0.692. The summed E-state index contributed by atoms with van der Waals surface area (Å²) in [6.45, 7) is 7.70. The van der Waals surface area contributed by atoms with Crippen LogP contribution in [0.4, 0.5) is 11.6 Å². The van der Waals surface area contributed by atoms with Crippen LogP contribution in [-0.2, 0) is 6.42 Å². The molecule has 100 valence electrons. The van der Waals surface area contributed by atoms with Gasteiger partial charge in [0.1, 0.15) is 17.5 Å². The van der Waals surface area contributed by atoms with Gasteiger partial charge in [0.25, 0.3) is 0 Å². The molecule has 0 bridgehead atoms. The predicted molar refractivity (Wildman–Crippen MR) is 74.4 cm³/mol. The molecule has 0 radical (unpaired) electrons. The molecule has 5 nitrogen and oxygen atoms in total. The predicted octanol–water partition coefficient (Wildman–Crippen LogP) is 1.95. The van der Waals surface area contributed by atoms with Crippen LogP contribution in [0.5, 0.6) is 0 Å². The molecule has 1 aliphatic rings. The van der Waals surface area contributed by atoms with Crippen LogP contribution < -0.4 is 16.2 Å². The van der Waals surface area contributed by atoms with Crippen LogP contribution >= 0.6 is 0 Å². The van der Waals surface area contributed by atoms with E-state index in [1.54, 1.807) is 0 Å². The average Bonchev–Trinajstić information content (AvgIpc) is 2.38. The number of nitrogens with two attached hydrogens (primary N) is 1. The maximum atomic E-state index is 5.47. The first-order valence-corrected chi connectivity index (χ1v) is 6.75. The summed E-state index contributed by atoms with van der Waals surface area (Å²) in [6.07, 6.45) is 3.26. The molecule has 0 saturated carbocycles. The molecule has 5 heteroatoms. The van der Waals surface area contributed by atoms with Gasteiger partial charge in [0.15, 0.2) is 0 Å². The summed E-state index contributed by atoms with van der Waals surface area (Å²) in [4.78, 5) is 11.3. The van der Waals surface area contributed by atoms with E-state index < -0.39 is 0 Å². The maximum absolute atomic E-state index is 5.47. The first kappa shape index (κ1) is 13.1. The van der Waals surface area contributed by atoms with Crippen molar-refractivity contribution in [2.24, 2.45) is 11.8 Å². The molecule has 18 heavy (non-hydrogen) atoms. The lowest BCUT2D eigenvalue weighted by molar-refractivity contribution is 0.376. The Hall–Kier alpha value is -1.36. The third-order valence-corrected chi connectivity index (χ3v) is 3.66. The van der Waals surface area contributed by atoms with Gasteiger partial charge in [-0.2, -0.15) is 0 Å². The van der Waals surface area contributed by atoms with E-state index in [-0.39, 0.29) is 0 Å². The molecule has 2 rings (SSSR count). The average molecular weight is 249 g/mol. The highest BCUT2D eigenvalue weighted by atomic mass is 15.3. The van der Waals surface area contributed by atoms with Crippen LogP contribution in [0.2, 0.25) is 0 Å². The number of hydrogen-bond acceptors (Lipinski definition) is 5. The van der Waals surface area contributed by atoms with Gasteiger partial charge in [0.05, 0.1) is 0 Å². The van der Waals surface area contributed by atoms with Crippen molar-refractivity contribution in [3.05, 3.63) is 11.9 Å². The molecule has 2 unspecified atom stereocenters. The number of rotatable bonds is 3. The van der Waals surface area contributed by atoms with Gasteiger partial charge in [-0.05, 0) is 25.7 Å². The largest absolute Gasteiger partial charge is 0.354 e. The lowest BCUT2D eigenvalue weighted by Gasteiger charge is -2.37. The highest BCUT2D eigenvalue weighted by Crippen LogP contribution is 2.27. The van der Waals surface area contributed by atoms with Gasteiger partial charge in [-0.3, -0.25) is 0 Å². The molecule has 0 aromatic carbocycles. The third kappa shape index (κ3) is 2.72. The Bertz CT molecular complexity index is 384. The van der Waals surface area contributed by atoms with E-state index in [0.717, 1.165) is 30.5 Å². The van der Waals surface area contributed by atoms with Gasteiger partial charge in [0.2, 0.25) is 0 Å². The minimum atomic E-state index is 0.527. The smallest absolute Gasteiger partial charge is 0.145 e. The molecule has 1 aromatic rings. The quantitative estimate of drug-likeness (QED) is 0.633. The molecule has 0 amide bonds. The van der Waals surface area contributed by atoms with Crippen molar-refractivity contribution < 1.29 is 0 Å². The molecule has 2 heterocycles. The highest BCUT2D eigenvalue weighted by molar-refractivity contribution is 5.49. The van der Waals surface area contributed by atoms with E-state index in [2.05, 4.69) is 41.1 Å². The van der Waals surface area contributed by atoms with Crippen molar-refractivity contribution in [1.82, 2.24) is 9.97 Å². The molecule has 1 aromatic heterocycles. The summed E-state index contributed by atoms with van der Waals surface area (Å²) in [5, 5.41) is 0. The first-order chi connectivity index (χ1) is 8.63. The number of hydrogen-bond donors (Lipinski definition) is 2. The maximum Gasteiger partial charge on any atom is 0.145 e. The fourth-order valence-electron chi connectivity index (χ4n) is 2.61. The van der Waals surface area contributed by atoms with Crippen molar-refractivity contribution in [3.63, 3.8) is 0 Å². The number of piperidine rings is 1. The van der Waals surface area contributed by atoms with Crippen molar-refractivity contribution in [3.8, 4) is 0 Å². The summed E-state index contributed by atoms with van der Waals surface area (Å²) in [7, 11) is 0. The van der Waals surface area contributed by atoms with Gasteiger partial charge in [-0.1, -0.05) is 13.8 Å². The Balaban J connectivity index is 2.26. The van der Waals surface area contributed by atoms with E-state index in [1.165, 1.54) is 12.8 Å². The zero-order chi connectivity index (χ0) is 13.1. The Morgan fingerprint density at radius 2 is 2.22 bits per heavy atom. The Kier molecular flexibility index (Phi) is 4.01. The normalized spacial score (nSPS) is 24.1. The van der Waals surface area contributed by atoms with Gasteiger partial charge < -0.3 is 10.3 Å². The lowest BCUT2D eigenvalue weighted by atomic mass is 9.93. The standard InChI is InChI=1S/C13H23N5/c1-4-11-15-12(17-14)8-13(16-11)18-6-5-9(2)7-10(18)3/h8-10H,4-7,14H2,1-3H3,(H,15,16,17). The minimum absolute atomic E-state index is 0.527. The zero-order valence-corrected chi connectivity index (χ0v) is 11.5. The number of hydrazine groups is 1. The van der Waals surface area contributed by atoms with Gasteiger partial charge in [0, 0.05) is 25.1 Å². The van der Waals surface area contributed by atoms with Gasteiger partial charge >= 0.3 is 0 Å². The van der Waals surface area contributed by atoms with Crippen molar-refractivity contribution in [1.29, 1.82) is 0 Å². The number of anilines is 2. The Morgan fingerprint density at radius 1 is 1.44 bits per heavy atom. The zero-order valence-electron chi connectivity index (χ0n) is 11.5. The first-order valence-electron chi connectivity index (χ1n) is 6.75. The third-order valence-electron chi connectivity index (χ3n) is 3.66. The highest BCUT2D eigenvalue weighted by Gasteiger charge is 2.24. The monoisotopic (exact) mass is 249 g/mol. The molecule has 1 aliphatic heterocycles. The minimum Gasteiger partial charge on any atom is -0.354 e. The second-order valence-electron chi connectivity index (χ2n) is 5.20.